The third kappa shape index (κ3) is 2.29. The minimum absolute atomic E-state index is 0.116. The first-order valence-electron chi connectivity index (χ1n) is 5.82. The van der Waals surface area contributed by atoms with Crippen molar-refractivity contribution in [3.63, 3.8) is 0 Å². The van der Waals surface area contributed by atoms with Gasteiger partial charge in [0.05, 0.1) is 39.8 Å². The molecule has 0 aromatic heterocycles. The molecular formula is C12H18O5. The average Bonchev–Trinajstić information content (AvgIpc) is 2.22. The van der Waals surface area contributed by atoms with Gasteiger partial charge in [0.25, 0.3) is 0 Å². The number of hydrogen-bond acceptors (Lipinski definition) is 5. The zero-order valence-electron chi connectivity index (χ0n) is 10.2. The fourth-order valence-corrected chi connectivity index (χ4v) is 2.82. The summed E-state index contributed by atoms with van der Waals surface area (Å²) >= 11 is 0. The fourth-order valence-electron chi connectivity index (χ4n) is 2.82. The summed E-state index contributed by atoms with van der Waals surface area (Å²) in [6.07, 6.45) is 2.01. The van der Waals surface area contributed by atoms with E-state index < -0.39 is 0 Å². The monoisotopic (exact) mass is 242 g/mol. The number of methoxy groups -OCH3 is 2. The van der Waals surface area contributed by atoms with Gasteiger partial charge in [-0.05, 0) is 18.8 Å². The number of ether oxygens (including phenoxy) is 3. The minimum atomic E-state index is -0.362. The second kappa shape index (κ2) is 4.64. The lowest BCUT2D eigenvalue weighted by Gasteiger charge is -2.54. The first kappa shape index (κ1) is 12.4. The lowest BCUT2D eigenvalue weighted by atomic mass is 9.56. The predicted octanol–water partition coefficient (Wildman–Crippen LogP) is 0.765. The SMILES string of the molecule is COC(=O)C[C@H](C(=O)OC)C1CC2(COC2)C1. The average molecular weight is 242 g/mol. The summed E-state index contributed by atoms with van der Waals surface area (Å²) in [4.78, 5) is 22.9. The molecule has 5 heteroatoms. The Kier molecular flexibility index (Phi) is 3.38. The lowest BCUT2D eigenvalue weighted by Crippen LogP contribution is -2.55. The van der Waals surface area contributed by atoms with Crippen LogP contribution in [-0.4, -0.2) is 39.4 Å². The Morgan fingerprint density at radius 1 is 1.29 bits per heavy atom. The number of esters is 2. The second-order valence-electron chi connectivity index (χ2n) is 5.07. The van der Waals surface area contributed by atoms with Crippen LogP contribution in [0.2, 0.25) is 0 Å². The standard InChI is InChI=1S/C12H18O5/c1-15-10(13)3-9(11(14)16-2)8-4-12(5-8)6-17-7-12/h8-9H,3-7H2,1-2H3/t9-/m0/s1. The number of carbonyl (C=O) groups is 2. The maximum Gasteiger partial charge on any atom is 0.309 e. The van der Waals surface area contributed by atoms with Crippen molar-refractivity contribution < 1.29 is 23.8 Å². The highest BCUT2D eigenvalue weighted by Gasteiger charge is 2.53. The smallest absolute Gasteiger partial charge is 0.309 e. The molecule has 1 spiro atoms. The lowest BCUT2D eigenvalue weighted by molar-refractivity contribution is -0.195. The molecular weight excluding hydrogens is 224 g/mol. The van der Waals surface area contributed by atoms with E-state index >= 15 is 0 Å². The Hall–Kier alpha value is -1.10. The van der Waals surface area contributed by atoms with Crippen molar-refractivity contribution in [2.24, 2.45) is 17.3 Å². The van der Waals surface area contributed by atoms with Crippen LogP contribution in [0.15, 0.2) is 0 Å². The molecule has 0 N–H and O–H groups in total. The molecule has 1 saturated heterocycles. The molecule has 0 amide bonds. The molecule has 2 rings (SSSR count). The van der Waals surface area contributed by atoms with Crippen LogP contribution >= 0.6 is 0 Å². The van der Waals surface area contributed by atoms with Gasteiger partial charge in [-0.1, -0.05) is 0 Å². The Morgan fingerprint density at radius 3 is 2.35 bits per heavy atom. The summed E-state index contributed by atoms with van der Waals surface area (Å²) in [6.45, 7) is 1.57. The molecule has 5 nitrogen and oxygen atoms in total. The van der Waals surface area contributed by atoms with Crippen LogP contribution < -0.4 is 0 Å². The van der Waals surface area contributed by atoms with Gasteiger partial charge in [0.15, 0.2) is 0 Å². The fraction of sp³-hybridized carbons (Fsp3) is 0.833. The molecule has 1 aliphatic carbocycles. The van der Waals surface area contributed by atoms with Crippen LogP contribution in [0.5, 0.6) is 0 Å². The van der Waals surface area contributed by atoms with Gasteiger partial charge < -0.3 is 14.2 Å². The van der Waals surface area contributed by atoms with E-state index in [1.165, 1.54) is 14.2 Å². The van der Waals surface area contributed by atoms with Gasteiger partial charge in [0.2, 0.25) is 0 Å². The molecule has 1 atom stereocenters. The van der Waals surface area contributed by atoms with Crippen molar-refractivity contribution >= 4 is 11.9 Å². The van der Waals surface area contributed by atoms with Gasteiger partial charge in [-0.25, -0.2) is 0 Å². The number of carbonyl (C=O) groups excluding carboxylic acids is 2. The van der Waals surface area contributed by atoms with Gasteiger partial charge in [-0.2, -0.15) is 0 Å². The van der Waals surface area contributed by atoms with E-state index in [0.717, 1.165) is 26.1 Å². The predicted molar refractivity (Wildman–Crippen MR) is 58.1 cm³/mol. The van der Waals surface area contributed by atoms with E-state index in [4.69, 9.17) is 9.47 Å². The maximum absolute atomic E-state index is 11.7. The van der Waals surface area contributed by atoms with E-state index in [2.05, 4.69) is 4.74 Å². The van der Waals surface area contributed by atoms with Crippen LogP contribution in [0, 0.1) is 17.3 Å². The van der Waals surface area contributed by atoms with Crippen LogP contribution in [-0.2, 0) is 23.8 Å². The van der Waals surface area contributed by atoms with Gasteiger partial charge in [-0.15, -0.1) is 0 Å². The van der Waals surface area contributed by atoms with Crippen LogP contribution in [0.25, 0.3) is 0 Å². The molecule has 1 aliphatic heterocycles. The van der Waals surface area contributed by atoms with Gasteiger partial charge in [0, 0.05) is 5.41 Å². The van der Waals surface area contributed by atoms with E-state index in [0.29, 0.717) is 0 Å². The first-order chi connectivity index (χ1) is 8.10. The maximum atomic E-state index is 11.7. The summed E-state index contributed by atoms with van der Waals surface area (Å²) in [6, 6.07) is 0. The van der Waals surface area contributed by atoms with Crippen molar-refractivity contribution in [1.29, 1.82) is 0 Å². The van der Waals surface area contributed by atoms with Crippen molar-refractivity contribution in [2.75, 3.05) is 27.4 Å². The quantitative estimate of drug-likeness (QED) is 0.681. The minimum Gasteiger partial charge on any atom is -0.469 e. The zero-order chi connectivity index (χ0) is 12.5. The summed E-state index contributed by atoms with van der Waals surface area (Å²) < 4.78 is 14.6. The first-order valence-corrected chi connectivity index (χ1v) is 5.82. The van der Waals surface area contributed by atoms with E-state index in [9.17, 15) is 9.59 Å². The van der Waals surface area contributed by atoms with E-state index in [-0.39, 0.29) is 35.6 Å². The molecule has 2 fully saturated rings. The Labute approximate surface area is 100 Å². The van der Waals surface area contributed by atoms with Gasteiger partial charge >= 0.3 is 11.9 Å². The van der Waals surface area contributed by atoms with Gasteiger partial charge in [0.1, 0.15) is 0 Å². The molecule has 0 unspecified atom stereocenters. The topological polar surface area (TPSA) is 61.8 Å². The number of rotatable bonds is 4. The largest absolute Gasteiger partial charge is 0.469 e. The van der Waals surface area contributed by atoms with Gasteiger partial charge in [-0.3, -0.25) is 9.59 Å². The summed E-state index contributed by atoms with van der Waals surface area (Å²) in [5.41, 5.74) is 0.285. The van der Waals surface area contributed by atoms with E-state index in [1.54, 1.807) is 0 Å². The summed E-state index contributed by atoms with van der Waals surface area (Å²) in [5.74, 6) is -0.800. The molecule has 0 radical (unpaired) electrons. The highest BCUT2D eigenvalue weighted by atomic mass is 16.5. The van der Waals surface area contributed by atoms with Crippen LogP contribution in [0.1, 0.15) is 19.3 Å². The highest BCUT2D eigenvalue weighted by molar-refractivity contribution is 5.80. The molecule has 1 saturated carbocycles. The Balaban J connectivity index is 1.92. The molecule has 0 aromatic rings. The molecule has 0 bridgehead atoms. The van der Waals surface area contributed by atoms with Crippen molar-refractivity contribution in [3.05, 3.63) is 0 Å². The van der Waals surface area contributed by atoms with E-state index in [1.807, 2.05) is 0 Å². The third-order valence-corrected chi connectivity index (χ3v) is 3.89. The van der Waals surface area contributed by atoms with Crippen molar-refractivity contribution in [3.8, 4) is 0 Å². The third-order valence-electron chi connectivity index (χ3n) is 3.89. The van der Waals surface area contributed by atoms with Crippen LogP contribution in [0.3, 0.4) is 0 Å². The summed E-state index contributed by atoms with van der Waals surface area (Å²) in [5, 5.41) is 0. The normalized spacial score (nSPS) is 23.4. The molecule has 96 valence electrons. The zero-order valence-corrected chi connectivity index (χ0v) is 10.2. The molecule has 2 aliphatic rings. The molecule has 0 aromatic carbocycles. The highest BCUT2D eigenvalue weighted by Crippen LogP contribution is 2.54. The molecule has 1 heterocycles. The summed E-state index contributed by atoms with van der Waals surface area (Å²) in [7, 11) is 2.69. The second-order valence-corrected chi connectivity index (χ2v) is 5.07. The van der Waals surface area contributed by atoms with Crippen molar-refractivity contribution in [2.45, 2.75) is 19.3 Å². The number of hydrogen-bond donors (Lipinski definition) is 0. The Bertz CT molecular complexity index is 313. The van der Waals surface area contributed by atoms with Crippen LogP contribution in [0.4, 0.5) is 0 Å². The molecule has 17 heavy (non-hydrogen) atoms. The van der Waals surface area contributed by atoms with Crippen molar-refractivity contribution in [1.82, 2.24) is 0 Å². The Morgan fingerprint density at radius 2 is 1.94 bits per heavy atom.